The van der Waals surface area contributed by atoms with Gasteiger partial charge in [0, 0.05) is 17.4 Å². The van der Waals surface area contributed by atoms with Gasteiger partial charge in [0.05, 0.1) is 12.8 Å². The highest BCUT2D eigenvalue weighted by molar-refractivity contribution is 7.89. The minimum absolute atomic E-state index is 0.0203. The van der Waals surface area contributed by atoms with E-state index in [-0.39, 0.29) is 4.90 Å². The zero-order chi connectivity index (χ0) is 13.0. The van der Waals surface area contributed by atoms with Gasteiger partial charge in [-0.3, -0.25) is 0 Å². The van der Waals surface area contributed by atoms with Crippen molar-refractivity contribution in [1.82, 2.24) is 4.98 Å². The van der Waals surface area contributed by atoms with Crippen molar-refractivity contribution >= 4 is 21.4 Å². The van der Waals surface area contributed by atoms with Crippen molar-refractivity contribution in [3.05, 3.63) is 40.7 Å². The first-order valence-electron chi connectivity index (χ1n) is 5.20. The summed E-state index contributed by atoms with van der Waals surface area (Å²) in [6, 6.07) is 6.89. The van der Waals surface area contributed by atoms with Crippen molar-refractivity contribution in [2.45, 2.75) is 11.3 Å². The van der Waals surface area contributed by atoms with Gasteiger partial charge in [-0.05, 0) is 17.5 Å². The Morgan fingerprint density at radius 2 is 2.17 bits per heavy atom. The molecule has 7 heteroatoms. The Bertz CT molecular complexity index is 592. The number of rotatable bonds is 5. The molecule has 0 fully saturated rings. The lowest BCUT2D eigenvalue weighted by atomic mass is 10.4. The van der Waals surface area contributed by atoms with E-state index in [0.717, 1.165) is 6.42 Å². The molecule has 18 heavy (non-hydrogen) atoms. The van der Waals surface area contributed by atoms with Crippen molar-refractivity contribution in [3.63, 3.8) is 0 Å². The maximum atomic E-state index is 11.0. The molecule has 2 heterocycles. The number of nitrogens with two attached hydrogens (primary N) is 1. The van der Waals surface area contributed by atoms with Crippen LogP contribution in [0.3, 0.4) is 0 Å². The number of thiophene rings is 1. The van der Waals surface area contributed by atoms with Crippen molar-refractivity contribution in [2.24, 2.45) is 5.14 Å². The third-order valence-corrected chi connectivity index (χ3v) is 4.05. The number of ether oxygens (including phenoxy) is 1. The Balaban J connectivity index is 1.91. The molecule has 2 aromatic rings. The van der Waals surface area contributed by atoms with Gasteiger partial charge >= 0.3 is 0 Å². The van der Waals surface area contributed by atoms with Crippen LogP contribution in [0.4, 0.5) is 0 Å². The molecular weight excluding hydrogens is 272 g/mol. The van der Waals surface area contributed by atoms with E-state index in [1.54, 1.807) is 11.3 Å². The average molecular weight is 284 g/mol. The second-order valence-electron chi connectivity index (χ2n) is 3.55. The maximum Gasteiger partial charge on any atom is 0.239 e. The maximum absolute atomic E-state index is 11.0. The first-order chi connectivity index (χ1) is 8.55. The van der Waals surface area contributed by atoms with Crippen LogP contribution in [-0.4, -0.2) is 20.0 Å². The van der Waals surface area contributed by atoms with Gasteiger partial charge in [0.1, 0.15) is 4.90 Å². The van der Waals surface area contributed by atoms with E-state index in [0.29, 0.717) is 12.5 Å². The summed E-state index contributed by atoms with van der Waals surface area (Å²) < 4.78 is 27.4. The Morgan fingerprint density at radius 1 is 1.33 bits per heavy atom. The molecular formula is C11H12N2O3S2. The summed E-state index contributed by atoms with van der Waals surface area (Å²) in [7, 11) is -3.69. The largest absolute Gasteiger partial charge is 0.477 e. The molecule has 0 aliphatic rings. The highest BCUT2D eigenvalue weighted by atomic mass is 32.2. The lowest BCUT2D eigenvalue weighted by molar-refractivity contribution is 0.310. The number of sulfonamides is 1. The molecule has 0 radical (unpaired) electrons. The molecule has 96 valence electrons. The lowest BCUT2D eigenvalue weighted by Crippen LogP contribution is -2.12. The van der Waals surface area contributed by atoms with Crippen LogP contribution in [0.2, 0.25) is 0 Å². The Labute approximate surface area is 109 Å². The van der Waals surface area contributed by atoms with E-state index in [9.17, 15) is 8.42 Å². The van der Waals surface area contributed by atoms with Gasteiger partial charge in [-0.2, -0.15) is 0 Å². The van der Waals surface area contributed by atoms with E-state index < -0.39 is 10.0 Å². The fourth-order valence-electron chi connectivity index (χ4n) is 1.33. The Morgan fingerprint density at radius 3 is 2.72 bits per heavy atom. The normalized spacial score (nSPS) is 11.4. The summed E-state index contributed by atoms with van der Waals surface area (Å²) in [5.41, 5.74) is 0. The predicted molar refractivity (Wildman–Crippen MR) is 69.1 cm³/mol. The number of aromatic nitrogens is 1. The van der Waals surface area contributed by atoms with Gasteiger partial charge in [-0.25, -0.2) is 18.5 Å². The van der Waals surface area contributed by atoms with Crippen molar-refractivity contribution < 1.29 is 13.2 Å². The van der Waals surface area contributed by atoms with Gasteiger partial charge < -0.3 is 4.74 Å². The Kier molecular flexibility index (Phi) is 3.95. The third-order valence-electron chi connectivity index (χ3n) is 2.22. The lowest BCUT2D eigenvalue weighted by Gasteiger charge is -2.04. The number of nitrogens with zero attached hydrogens (tertiary/aromatic N) is 1. The molecule has 0 aromatic carbocycles. The van der Waals surface area contributed by atoms with Gasteiger partial charge in [0.15, 0.2) is 0 Å². The van der Waals surface area contributed by atoms with Gasteiger partial charge in [0.25, 0.3) is 0 Å². The van der Waals surface area contributed by atoms with Crippen LogP contribution in [0.5, 0.6) is 5.88 Å². The van der Waals surface area contributed by atoms with E-state index in [1.807, 2.05) is 17.5 Å². The Hall–Kier alpha value is -1.44. The van der Waals surface area contributed by atoms with Gasteiger partial charge in [-0.15, -0.1) is 11.3 Å². The predicted octanol–water partition coefficient (Wildman–Crippen LogP) is 1.41. The van der Waals surface area contributed by atoms with Gasteiger partial charge in [0.2, 0.25) is 15.9 Å². The van der Waals surface area contributed by atoms with Crippen LogP contribution in [-0.2, 0) is 16.4 Å². The molecule has 2 aromatic heterocycles. The minimum atomic E-state index is -3.69. The summed E-state index contributed by atoms with van der Waals surface area (Å²) in [4.78, 5) is 5.10. The van der Waals surface area contributed by atoms with Crippen LogP contribution in [0.15, 0.2) is 40.7 Å². The second-order valence-corrected chi connectivity index (χ2v) is 6.15. The highest BCUT2D eigenvalue weighted by Crippen LogP contribution is 2.13. The first-order valence-corrected chi connectivity index (χ1v) is 7.62. The molecule has 0 saturated carbocycles. The summed E-state index contributed by atoms with van der Waals surface area (Å²) >= 11 is 1.67. The molecule has 0 saturated heterocycles. The quantitative estimate of drug-likeness (QED) is 0.900. The van der Waals surface area contributed by atoms with E-state index in [1.165, 1.54) is 23.2 Å². The molecule has 0 atom stereocenters. The molecule has 0 amide bonds. The standard InChI is InChI=1S/C11H12N2O3S2/c12-18(14,15)10-3-4-11(13-8-10)16-6-5-9-2-1-7-17-9/h1-4,7-8H,5-6H2,(H2,12,14,15). The first kappa shape index (κ1) is 13.0. The fraction of sp³-hybridized carbons (Fsp3) is 0.182. The summed E-state index contributed by atoms with van der Waals surface area (Å²) in [5.74, 6) is 0.388. The van der Waals surface area contributed by atoms with Crippen molar-refractivity contribution in [1.29, 1.82) is 0 Å². The average Bonchev–Trinajstić information content (AvgIpc) is 2.82. The smallest absolute Gasteiger partial charge is 0.239 e. The third kappa shape index (κ3) is 3.52. The number of pyridine rings is 1. The van der Waals surface area contributed by atoms with Crippen LogP contribution >= 0.6 is 11.3 Å². The van der Waals surface area contributed by atoms with Gasteiger partial charge in [-0.1, -0.05) is 6.07 Å². The van der Waals surface area contributed by atoms with Crippen molar-refractivity contribution in [2.75, 3.05) is 6.61 Å². The summed E-state index contributed by atoms with van der Waals surface area (Å²) in [5, 5.41) is 6.97. The minimum Gasteiger partial charge on any atom is -0.477 e. The van der Waals surface area contributed by atoms with Crippen LogP contribution < -0.4 is 9.88 Å². The monoisotopic (exact) mass is 284 g/mol. The molecule has 0 aliphatic heterocycles. The number of primary sulfonamides is 1. The summed E-state index contributed by atoms with van der Waals surface area (Å²) in [6.07, 6.45) is 1.99. The van der Waals surface area contributed by atoms with E-state index in [2.05, 4.69) is 4.98 Å². The summed E-state index contributed by atoms with van der Waals surface area (Å²) in [6.45, 7) is 0.502. The zero-order valence-corrected chi connectivity index (χ0v) is 11.1. The molecule has 5 nitrogen and oxygen atoms in total. The zero-order valence-electron chi connectivity index (χ0n) is 9.44. The fourth-order valence-corrected chi connectivity index (χ4v) is 2.48. The second kappa shape index (κ2) is 5.47. The molecule has 2 N–H and O–H groups in total. The van der Waals surface area contributed by atoms with Crippen LogP contribution in [0, 0.1) is 0 Å². The van der Waals surface area contributed by atoms with Crippen molar-refractivity contribution in [3.8, 4) is 5.88 Å². The van der Waals surface area contributed by atoms with Crippen LogP contribution in [0.1, 0.15) is 4.88 Å². The number of hydrogen-bond acceptors (Lipinski definition) is 5. The molecule has 0 unspecified atom stereocenters. The topological polar surface area (TPSA) is 82.3 Å². The van der Waals surface area contributed by atoms with E-state index >= 15 is 0 Å². The van der Waals surface area contributed by atoms with Crippen LogP contribution in [0.25, 0.3) is 0 Å². The molecule has 2 rings (SSSR count). The molecule has 0 bridgehead atoms. The molecule has 0 aliphatic carbocycles. The highest BCUT2D eigenvalue weighted by Gasteiger charge is 2.07. The van der Waals surface area contributed by atoms with E-state index in [4.69, 9.17) is 9.88 Å². The number of hydrogen-bond donors (Lipinski definition) is 1. The molecule has 0 spiro atoms. The SMILES string of the molecule is NS(=O)(=O)c1ccc(OCCc2cccs2)nc1.